The van der Waals surface area contributed by atoms with E-state index in [1.54, 1.807) is 23.3 Å². The van der Waals surface area contributed by atoms with Crippen molar-refractivity contribution >= 4 is 17.5 Å². The number of aromatic nitrogens is 5. The van der Waals surface area contributed by atoms with Crippen LogP contribution in [0, 0.1) is 6.92 Å². The minimum atomic E-state index is 0.113. The van der Waals surface area contributed by atoms with Gasteiger partial charge in [-0.2, -0.15) is 15.0 Å². The largest absolute Gasteiger partial charge is 0.465 e. The Balaban J connectivity index is 1.79. The Morgan fingerprint density at radius 2 is 2.20 bits per heavy atom. The summed E-state index contributed by atoms with van der Waals surface area (Å²) in [5.74, 6) is 2.43. The van der Waals surface area contributed by atoms with Crippen molar-refractivity contribution in [3.8, 4) is 5.95 Å². The van der Waals surface area contributed by atoms with Gasteiger partial charge in [0.25, 0.3) is 0 Å². The number of anilines is 1. The molecule has 3 rings (SSSR count). The molecule has 0 aliphatic rings. The SMILES string of the molecule is Cc1ccc(CNc2nc(Cl)nc(-n3ccnc3)n2)o1. The Labute approximate surface area is 119 Å². The number of nitrogens with one attached hydrogen (secondary N) is 1. The molecule has 3 heterocycles. The highest BCUT2D eigenvalue weighted by Gasteiger charge is 2.07. The van der Waals surface area contributed by atoms with E-state index >= 15 is 0 Å². The molecule has 0 aliphatic carbocycles. The molecule has 0 spiro atoms. The van der Waals surface area contributed by atoms with Gasteiger partial charge in [0, 0.05) is 12.4 Å². The quantitative estimate of drug-likeness (QED) is 0.793. The second kappa shape index (κ2) is 5.30. The molecule has 0 amide bonds. The van der Waals surface area contributed by atoms with E-state index in [0.717, 1.165) is 11.5 Å². The Morgan fingerprint density at radius 1 is 1.30 bits per heavy atom. The summed E-state index contributed by atoms with van der Waals surface area (Å²) in [4.78, 5) is 16.3. The molecule has 1 N–H and O–H groups in total. The van der Waals surface area contributed by atoms with Crippen molar-refractivity contribution in [1.29, 1.82) is 0 Å². The van der Waals surface area contributed by atoms with Crippen molar-refractivity contribution in [2.24, 2.45) is 0 Å². The van der Waals surface area contributed by atoms with Crippen molar-refractivity contribution in [3.63, 3.8) is 0 Å². The lowest BCUT2D eigenvalue weighted by Crippen LogP contribution is -2.08. The van der Waals surface area contributed by atoms with Crippen molar-refractivity contribution in [1.82, 2.24) is 24.5 Å². The third kappa shape index (κ3) is 2.77. The number of hydrogen-bond acceptors (Lipinski definition) is 6. The van der Waals surface area contributed by atoms with E-state index in [9.17, 15) is 0 Å². The molecule has 102 valence electrons. The van der Waals surface area contributed by atoms with Gasteiger partial charge in [0.15, 0.2) is 0 Å². The van der Waals surface area contributed by atoms with Crippen LogP contribution in [0.1, 0.15) is 11.5 Å². The van der Waals surface area contributed by atoms with Crippen LogP contribution in [-0.2, 0) is 6.54 Å². The summed E-state index contributed by atoms with van der Waals surface area (Å²) in [6.45, 7) is 2.36. The van der Waals surface area contributed by atoms with E-state index in [1.807, 2.05) is 19.1 Å². The van der Waals surface area contributed by atoms with E-state index in [0.29, 0.717) is 18.4 Å². The fraction of sp³-hybridized carbons (Fsp3) is 0.167. The molecule has 0 atom stereocenters. The summed E-state index contributed by atoms with van der Waals surface area (Å²) in [5.41, 5.74) is 0. The minimum Gasteiger partial charge on any atom is -0.465 e. The zero-order chi connectivity index (χ0) is 13.9. The monoisotopic (exact) mass is 290 g/mol. The van der Waals surface area contributed by atoms with Crippen LogP contribution in [0.5, 0.6) is 0 Å². The van der Waals surface area contributed by atoms with Crippen molar-refractivity contribution in [2.75, 3.05) is 5.32 Å². The number of imidazole rings is 1. The summed E-state index contributed by atoms with van der Waals surface area (Å²) in [5, 5.41) is 3.16. The van der Waals surface area contributed by atoms with Crippen LogP contribution in [0.15, 0.2) is 35.3 Å². The van der Waals surface area contributed by atoms with Crippen molar-refractivity contribution in [2.45, 2.75) is 13.5 Å². The Morgan fingerprint density at radius 3 is 2.90 bits per heavy atom. The van der Waals surface area contributed by atoms with Crippen LogP contribution in [-0.4, -0.2) is 24.5 Å². The Hall–Kier alpha value is -2.41. The van der Waals surface area contributed by atoms with E-state index in [1.165, 1.54) is 0 Å². The lowest BCUT2D eigenvalue weighted by atomic mass is 10.4. The summed E-state index contributed by atoms with van der Waals surface area (Å²) in [6, 6.07) is 3.79. The average molecular weight is 291 g/mol. The van der Waals surface area contributed by atoms with Crippen LogP contribution in [0.3, 0.4) is 0 Å². The molecule has 20 heavy (non-hydrogen) atoms. The van der Waals surface area contributed by atoms with Gasteiger partial charge < -0.3 is 9.73 Å². The van der Waals surface area contributed by atoms with Gasteiger partial charge in [0.2, 0.25) is 17.2 Å². The molecule has 0 aromatic carbocycles. The number of nitrogens with zero attached hydrogens (tertiary/aromatic N) is 5. The first-order valence-electron chi connectivity index (χ1n) is 5.90. The number of aryl methyl sites for hydroxylation is 1. The standard InChI is InChI=1S/C12H11ClN6O/c1-8-2-3-9(20-8)6-15-11-16-10(13)17-12(18-11)19-5-4-14-7-19/h2-5,7H,6H2,1H3,(H,15,16,17,18). The maximum Gasteiger partial charge on any atom is 0.241 e. The molecule has 8 heteroatoms. The molecule has 0 fully saturated rings. The van der Waals surface area contributed by atoms with Crippen LogP contribution >= 0.6 is 11.6 Å². The average Bonchev–Trinajstić information content (AvgIpc) is 3.07. The smallest absolute Gasteiger partial charge is 0.241 e. The van der Waals surface area contributed by atoms with E-state index in [-0.39, 0.29) is 5.28 Å². The lowest BCUT2D eigenvalue weighted by molar-refractivity contribution is 0.490. The molecule has 0 aliphatic heterocycles. The number of furan rings is 1. The highest BCUT2D eigenvalue weighted by atomic mass is 35.5. The minimum absolute atomic E-state index is 0.113. The first-order chi connectivity index (χ1) is 9.70. The highest BCUT2D eigenvalue weighted by Crippen LogP contribution is 2.12. The molecule has 0 radical (unpaired) electrons. The Bertz CT molecular complexity index is 709. The van der Waals surface area contributed by atoms with Crippen LogP contribution < -0.4 is 5.32 Å². The zero-order valence-corrected chi connectivity index (χ0v) is 11.4. The molecule has 0 bridgehead atoms. The van der Waals surface area contributed by atoms with E-state index in [2.05, 4.69) is 25.3 Å². The van der Waals surface area contributed by atoms with E-state index in [4.69, 9.17) is 16.0 Å². The first kappa shape index (κ1) is 12.6. The van der Waals surface area contributed by atoms with Gasteiger partial charge in [-0.25, -0.2) is 4.98 Å². The van der Waals surface area contributed by atoms with Crippen molar-refractivity contribution in [3.05, 3.63) is 47.7 Å². The zero-order valence-electron chi connectivity index (χ0n) is 10.6. The predicted molar refractivity (Wildman–Crippen MR) is 72.7 cm³/mol. The first-order valence-corrected chi connectivity index (χ1v) is 6.27. The third-order valence-electron chi connectivity index (χ3n) is 2.55. The number of hydrogen-bond donors (Lipinski definition) is 1. The summed E-state index contributed by atoms with van der Waals surface area (Å²) >= 11 is 5.89. The molecular formula is C12H11ClN6O. The fourth-order valence-electron chi connectivity index (χ4n) is 1.66. The molecule has 7 nitrogen and oxygen atoms in total. The second-order valence-corrected chi connectivity index (χ2v) is 4.40. The summed E-state index contributed by atoms with van der Waals surface area (Å²) in [6.07, 6.45) is 4.95. The number of rotatable bonds is 4. The fourth-order valence-corrected chi connectivity index (χ4v) is 1.81. The number of halogens is 1. The van der Waals surface area contributed by atoms with Gasteiger partial charge >= 0.3 is 0 Å². The van der Waals surface area contributed by atoms with Gasteiger partial charge in [0.05, 0.1) is 6.54 Å². The van der Waals surface area contributed by atoms with Crippen molar-refractivity contribution < 1.29 is 4.42 Å². The van der Waals surface area contributed by atoms with Crippen LogP contribution in [0.2, 0.25) is 5.28 Å². The maximum absolute atomic E-state index is 5.89. The third-order valence-corrected chi connectivity index (χ3v) is 2.72. The van der Waals surface area contributed by atoms with Gasteiger partial charge in [-0.15, -0.1) is 0 Å². The topological polar surface area (TPSA) is 81.7 Å². The normalized spacial score (nSPS) is 10.7. The summed E-state index contributed by atoms with van der Waals surface area (Å²) in [7, 11) is 0. The molecule has 0 saturated carbocycles. The second-order valence-electron chi connectivity index (χ2n) is 4.06. The van der Waals surface area contributed by atoms with Gasteiger partial charge in [-0.3, -0.25) is 4.57 Å². The molecule has 0 saturated heterocycles. The summed E-state index contributed by atoms with van der Waals surface area (Å²) < 4.78 is 7.10. The highest BCUT2D eigenvalue weighted by molar-refractivity contribution is 6.28. The van der Waals surface area contributed by atoms with Crippen LogP contribution in [0.25, 0.3) is 5.95 Å². The van der Waals surface area contributed by atoms with Gasteiger partial charge in [0.1, 0.15) is 17.8 Å². The lowest BCUT2D eigenvalue weighted by Gasteiger charge is -2.05. The van der Waals surface area contributed by atoms with Crippen LogP contribution in [0.4, 0.5) is 5.95 Å². The predicted octanol–water partition coefficient (Wildman–Crippen LogP) is 2.22. The van der Waals surface area contributed by atoms with Gasteiger partial charge in [-0.1, -0.05) is 0 Å². The Kier molecular flexibility index (Phi) is 3.34. The maximum atomic E-state index is 5.89. The van der Waals surface area contributed by atoms with Gasteiger partial charge in [-0.05, 0) is 30.7 Å². The molecular weight excluding hydrogens is 280 g/mol. The molecule has 0 unspecified atom stereocenters. The molecule has 3 aromatic heterocycles. The molecule has 3 aromatic rings. The van der Waals surface area contributed by atoms with E-state index < -0.39 is 0 Å².